The van der Waals surface area contributed by atoms with Gasteiger partial charge in [-0.05, 0) is 18.6 Å². The summed E-state index contributed by atoms with van der Waals surface area (Å²) in [5.41, 5.74) is 6.59. The summed E-state index contributed by atoms with van der Waals surface area (Å²) in [5, 5.41) is 3.39. The van der Waals surface area contributed by atoms with Gasteiger partial charge >= 0.3 is 8.80 Å². The van der Waals surface area contributed by atoms with E-state index in [0.29, 0.717) is 0 Å². The van der Waals surface area contributed by atoms with E-state index in [9.17, 15) is 0 Å². The maximum atomic E-state index is 8.58. The summed E-state index contributed by atoms with van der Waals surface area (Å²) < 4.78 is 16.9. The molecule has 0 aliphatic carbocycles. The Hall–Kier alpha value is -1.61. The van der Waals surface area contributed by atoms with E-state index < -0.39 is 8.80 Å². The highest BCUT2D eigenvalue weighted by atomic mass is 28.4. The van der Waals surface area contributed by atoms with Gasteiger partial charge in [-0.1, -0.05) is 19.1 Å². The van der Waals surface area contributed by atoms with Gasteiger partial charge in [-0.25, -0.2) is 0 Å². The van der Waals surface area contributed by atoms with Crippen molar-refractivity contribution in [3.8, 4) is 0 Å². The molecule has 2 rings (SSSR count). The zero-order valence-electron chi connectivity index (χ0n) is 13.5. The summed E-state index contributed by atoms with van der Waals surface area (Å²) in [6.07, 6.45) is 1.15. The van der Waals surface area contributed by atoms with E-state index in [1.54, 1.807) is 21.3 Å². The van der Waals surface area contributed by atoms with Gasteiger partial charge in [-0.15, -0.1) is 0 Å². The van der Waals surface area contributed by atoms with Crippen LogP contribution in [0.2, 0.25) is 0 Å². The number of fused-ring (bicyclic) bond motifs is 1. The van der Waals surface area contributed by atoms with Crippen molar-refractivity contribution in [3.63, 3.8) is 0 Å². The first kappa shape index (κ1) is 18.4. The molecule has 0 radical (unpaired) electrons. The van der Waals surface area contributed by atoms with E-state index in [4.69, 9.17) is 18.1 Å². The molecule has 1 heterocycles. The van der Waals surface area contributed by atoms with Crippen LogP contribution in [0.15, 0.2) is 24.3 Å². The van der Waals surface area contributed by atoms with Gasteiger partial charge < -0.3 is 29.2 Å². The number of nitrogens with zero attached hydrogens (tertiary/aromatic N) is 1. The number of nitrogens with one attached hydrogen (secondary N) is 1. The molecule has 7 nitrogen and oxygen atoms in total. The number of rotatable bonds is 6. The van der Waals surface area contributed by atoms with Crippen molar-refractivity contribution in [1.82, 2.24) is 0 Å². The first-order valence-electron chi connectivity index (χ1n) is 7.04. The summed E-state index contributed by atoms with van der Waals surface area (Å²) in [6.45, 7) is 2.88. The van der Waals surface area contributed by atoms with E-state index >= 15 is 0 Å². The highest BCUT2D eigenvalue weighted by Gasteiger charge is 2.50. The molecule has 1 unspecified atom stereocenters. The minimum atomic E-state index is -2.69. The second-order valence-corrected chi connectivity index (χ2v) is 7.70. The monoisotopic (exact) mass is 327 g/mol. The van der Waals surface area contributed by atoms with Crippen molar-refractivity contribution < 1.29 is 18.1 Å². The van der Waals surface area contributed by atoms with Crippen molar-refractivity contribution in [2.24, 2.45) is 5.73 Å². The maximum absolute atomic E-state index is 8.58. The smallest absolute Gasteiger partial charge is 0.376 e. The summed E-state index contributed by atoms with van der Waals surface area (Å²) in [5.74, 6) is 0. The molecule has 1 aliphatic rings. The first-order valence-corrected chi connectivity index (χ1v) is 8.84. The minimum absolute atomic E-state index is 0.101. The van der Waals surface area contributed by atoms with Crippen LogP contribution in [-0.2, 0) is 18.1 Å². The molecule has 0 aromatic heterocycles. The van der Waals surface area contributed by atoms with Gasteiger partial charge in [0.15, 0.2) is 0 Å². The second kappa shape index (κ2) is 8.74. The van der Waals surface area contributed by atoms with Gasteiger partial charge in [-0.2, -0.15) is 0 Å². The van der Waals surface area contributed by atoms with Gasteiger partial charge in [0, 0.05) is 21.3 Å². The zero-order chi connectivity index (χ0) is 16.6. The fourth-order valence-electron chi connectivity index (χ4n) is 2.73. The Morgan fingerprint density at radius 2 is 1.86 bits per heavy atom. The van der Waals surface area contributed by atoms with Crippen LogP contribution < -0.4 is 16.0 Å². The minimum Gasteiger partial charge on any atom is -0.376 e. The SMILES string of the molecule is CCC(N1CNc2ccccc21)[Si](OC)(OC)OC.NC=O. The van der Waals surface area contributed by atoms with Crippen molar-refractivity contribution in [2.45, 2.75) is 19.0 Å². The number of nitrogens with two attached hydrogens (primary N) is 1. The molecule has 3 N–H and O–H groups in total. The molecule has 1 atom stereocenters. The third-order valence-corrected chi connectivity index (χ3v) is 6.92. The van der Waals surface area contributed by atoms with Gasteiger partial charge in [0.05, 0.1) is 18.0 Å². The average molecular weight is 327 g/mol. The number of hydrogen-bond acceptors (Lipinski definition) is 6. The molecular weight excluding hydrogens is 302 g/mol. The number of benzene rings is 1. The fourth-order valence-corrected chi connectivity index (χ4v) is 5.15. The number of hydrogen-bond donors (Lipinski definition) is 2. The van der Waals surface area contributed by atoms with Crippen LogP contribution in [-0.4, -0.2) is 48.9 Å². The lowest BCUT2D eigenvalue weighted by molar-refractivity contribution is -0.106. The molecule has 1 aromatic carbocycles. The van der Waals surface area contributed by atoms with Crippen LogP contribution in [0, 0.1) is 0 Å². The fraction of sp³-hybridized carbons (Fsp3) is 0.500. The molecule has 8 heteroatoms. The Morgan fingerprint density at radius 3 is 2.36 bits per heavy atom. The normalized spacial score (nSPS) is 14.5. The van der Waals surface area contributed by atoms with Gasteiger partial charge in [-0.3, -0.25) is 4.79 Å². The molecule has 0 saturated carbocycles. The Morgan fingerprint density at radius 1 is 1.32 bits per heavy atom. The van der Waals surface area contributed by atoms with Crippen LogP contribution in [0.4, 0.5) is 11.4 Å². The third kappa shape index (κ3) is 3.58. The highest BCUT2D eigenvalue weighted by molar-refractivity contribution is 6.63. The lowest BCUT2D eigenvalue weighted by Gasteiger charge is -2.38. The van der Waals surface area contributed by atoms with Crippen molar-refractivity contribution in [2.75, 3.05) is 38.2 Å². The number of para-hydroxylation sites is 2. The van der Waals surface area contributed by atoms with Crippen molar-refractivity contribution in [3.05, 3.63) is 24.3 Å². The summed E-state index contributed by atoms with van der Waals surface area (Å²) in [4.78, 5) is 10.9. The Labute approximate surface area is 132 Å². The molecule has 0 spiro atoms. The Balaban J connectivity index is 0.000000745. The number of carbonyl (C=O) groups excluding carboxylic acids is 1. The molecule has 0 bridgehead atoms. The van der Waals surface area contributed by atoms with E-state index in [2.05, 4.69) is 35.0 Å². The van der Waals surface area contributed by atoms with E-state index in [-0.39, 0.29) is 12.1 Å². The summed E-state index contributed by atoms with van der Waals surface area (Å²) in [7, 11) is 2.30. The number of primary amides is 1. The Bertz CT molecular complexity index is 463. The van der Waals surface area contributed by atoms with E-state index in [0.717, 1.165) is 18.8 Å². The standard InChI is InChI=1S/C13H22N2O3Si.CH3NO/c1-5-13(19(16-2,17-3)18-4)15-10-14-11-8-6-7-9-12(11)15;2-1-3/h6-9,13-14H,5,10H2,1-4H3;1H,(H2,2,3). The number of carbonyl (C=O) groups is 1. The molecule has 1 aliphatic heterocycles. The lowest BCUT2D eigenvalue weighted by atomic mass is 10.2. The number of anilines is 2. The predicted molar refractivity (Wildman–Crippen MR) is 88.5 cm³/mol. The van der Waals surface area contributed by atoms with E-state index in [1.807, 2.05) is 12.1 Å². The van der Waals surface area contributed by atoms with Crippen LogP contribution in [0.3, 0.4) is 0 Å². The maximum Gasteiger partial charge on any atom is 0.523 e. The second-order valence-electron chi connectivity index (χ2n) is 4.60. The molecule has 0 fully saturated rings. The largest absolute Gasteiger partial charge is 0.523 e. The molecular formula is C14H25N3O4Si. The molecule has 1 amide bonds. The molecule has 1 aromatic rings. The number of amides is 1. The summed E-state index contributed by atoms with van der Waals surface area (Å²) >= 11 is 0. The highest BCUT2D eigenvalue weighted by Crippen LogP contribution is 2.35. The van der Waals surface area contributed by atoms with Crippen LogP contribution >= 0.6 is 0 Å². The third-order valence-electron chi connectivity index (χ3n) is 3.68. The molecule has 22 heavy (non-hydrogen) atoms. The van der Waals surface area contributed by atoms with Crippen LogP contribution in [0.5, 0.6) is 0 Å². The zero-order valence-corrected chi connectivity index (χ0v) is 14.5. The Kier molecular flexibility index (Phi) is 7.32. The average Bonchev–Trinajstić information content (AvgIpc) is 2.97. The quantitative estimate of drug-likeness (QED) is 0.603. The summed E-state index contributed by atoms with van der Waals surface area (Å²) in [6, 6.07) is 8.26. The van der Waals surface area contributed by atoms with E-state index in [1.165, 1.54) is 5.69 Å². The van der Waals surface area contributed by atoms with Crippen molar-refractivity contribution >= 4 is 26.6 Å². The molecule has 124 valence electrons. The first-order chi connectivity index (χ1) is 10.6. The van der Waals surface area contributed by atoms with Crippen LogP contribution in [0.1, 0.15) is 13.3 Å². The molecule has 0 saturated heterocycles. The topological polar surface area (TPSA) is 86.1 Å². The lowest BCUT2D eigenvalue weighted by Crippen LogP contribution is -2.61. The van der Waals surface area contributed by atoms with Gasteiger partial charge in [0.1, 0.15) is 5.67 Å². The van der Waals surface area contributed by atoms with Gasteiger partial charge in [0.25, 0.3) is 0 Å². The van der Waals surface area contributed by atoms with Crippen LogP contribution in [0.25, 0.3) is 0 Å². The van der Waals surface area contributed by atoms with Gasteiger partial charge in [0.2, 0.25) is 6.41 Å². The van der Waals surface area contributed by atoms with Crippen molar-refractivity contribution in [1.29, 1.82) is 0 Å². The predicted octanol–water partition coefficient (Wildman–Crippen LogP) is 1.17.